The minimum absolute atomic E-state index is 0.0128. The molecule has 4 N–H and O–H groups in total. The van der Waals surface area contributed by atoms with Crippen LogP contribution in [0.5, 0.6) is 5.75 Å². The summed E-state index contributed by atoms with van der Waals surface area (Å²) >= 11 is 0. The highest BCUT2D eigenvalue weighted by Crippen LogP contribution is 2.25. The van der Waals surface area contributed by atoms with Crippen molar-refractivity contribution >= 4 is 28.2 Å². The highest BCUT2D eigenvalue weighted by Gasteiger charge is 2.20. The summed E-state index contributed by atoms with van der Waals surface area (Å²) in [6.07, 6.45) is 0. The zero-order chi connectivity index (χ0) is 18.0. The first-order valence-corrected chi connectivity index (χ1v) is 7.40. The van der Waals surface area contributed by atoms with Crippen LogP contribution >= 0.6 is 0 Å². The molecular formula is C19H14N2O4. The predicted octanol–water partition coefficient (Wildman–Crippen LogP) is 2.79. The molecule has 0 fully saturated rings. The number of carbonyl (C=O) groups excluding carboxylic acids is 1. The molecule has 3 rings (SSSR count). The Morgan fingerprint density at radius 1 is 0.840 bits per heavy atom. The summed E-state index contributed by atoms with van der Waals surface area (Å²) in [6.45, 7) is 0. The molecule has 3 aromatic rings. The second-order valence-electron chi connectivity index (χ2n) is 5.37. The van der Waals surface area contributed by atoms with Crippen LogP contribution in [-0.2, 0) is 0 Å². The Kier molecular flexibility index (Phi) is 4.18. The zero-order valence-electron chi connectivity index (χ0n) is 13.0. The molecule has 0 radical (unpaired) electrons. The van der Waals surface area contributed by atoms with Crippen LogP contribution in [0.2, 0.25) is 0 Å². The number of Topliss-reactive ketones (excluding diaryl/α,β-unsaturated/α-hetero) is 1. The SMILES string of the molecule is NN=C(C(=O)c1ccc(O)cc1)c1ccc(C(=O)O)c2ccccc12. The fraction of sp³-hybridized carbons (Fsp3) is 0. The lowest BCUT2D eigenvalue weighted by atomic mass is 9.93. The molecule has 0 amide bonds. The van der Waals surface area contributed by atoms with Crippen LogP contribution in [0.3, 0.4) is 0 Å². The van der Waals surface area contributed by atoms with Crippen molar-refractivity contribution in [3.8, 4) is 5.75 Å². The molecule has 0 bridgehead atoms. The number of ketones is 1. The van der Waals surface area contributed by atoms with Gasteiger partial charge in [-0.05, 0) is 41.1 Å². The Labute approximate surface area is 142 Å². The summed E-state index contributed by atoms with van der Waals surface area (Å²) < 4.78 is 0. The van der Waals surface area contributed by atoms with Crippen LogP contribution in [0.15, 0.2) is 65.8 Å². The van der Waals surface area contributed by atoms with Crippen molar-refractivity contribution in [2.75, 3.05) is 0 Å². The van der Waals surface area contributed by atoms with Gasteiger partial charge in [0.25, 0.3) is 0 Å². The lowest BCUT2D eigenvalue weighted by Crippen LogP contribution is -2.18. The number of carboxylic acid groups (broad SMARTS) is 1. The number of hydrogen-bond donors (Lipinski definition) is 3. The maximum Gasteiger partial charge on any atom is 0.336 e. The summed E-state index contributed by atoms with van der Waals surface area (Å²) in [5.74, 6) is 4.03. The second kappa shape index (κ2) is 6.45. The Hall–Kier alpha value is -3.67. The van der Waals surface area contributed by atoms with E-state index in [9.17, 15) is 19.8 Å². The van der Waals surface area contributed by atoms with Crippen molar-refractivity contribution in [1.82, 2.24) is 0 Å². The number of phenolic OH excluding ortho intramolecular Hbond substituents is 1. The molecule has 0 unspecified atom stereocenters. The molecular weight excluding hydrogens is 320 g/mol. The summed E-state index contributed by atoms with van der Waals surface area (Å²) in [5.41, 5.74) is 0.904. The molecule has 0 atom stereocenters. The number of phenols is 1. The number of nitrogens with zero attached hydrogens (tertiary/aromatic N) is 1. The van der Waals surface area contributed by atoms with Gasteiger partial charge in [0.15, 0.2) is 0 Å². The predicted molar refractivity (Wildman–Crippen MR) is 94.1 cm³/mol. The Balaban J connectivity index is 2.17. The number of hydrogen-bond acceptors (Lipinski definition) is 5. The highest BCUT2D eigenvalue weighted by molar-refractivity contribution is 6.53. The van der Waals surface area contributed by atoms with Gasteiger partial charge in [0.05, 0.1) is 5.56 Å². The molecule has 0 spiro atoms. The van der Waals surface area contributed by atoms with Crippen molar-refractivity contribution in [3.63, 3.8) is 0 Å². The average molecular weight is 334 g/mol. The van der Waals surface area contributed by atoms with E-state index in [4.69, 9.17) is 5.84 Å². The average Bonchev–Trinajstić information content (AvgIpc) is 2.62. The van der Waals surface area contributed by atoms with Crippen LogP contribution in [0.25, 0.3) is 10.8 Å². The van der Waals surface area contributed by atoms with E-state index in [1.54, 1.807) is 24.3 Å². The van der Waals surface area contributed by atoms with E-state index in [1.807, 2.05) is 0 Å². The van der Waals surface area contributed by atoms with Gasteiger partial charge < -0.3 is 16.1 Å². The largest absolute Gasteiger partial charge is 0.508 e. The molecule has 0 saturated carbocycles. The Morgan fingerprint density at radius 3 is 1.96 bits per heavy atom. The minimum Gasteiger partial charge on any atom is -0.508 e. The molecule has 6 nitrogen and oxygen atoms in total. The first-order chi connectivity index (χ1) is 12.0. The van der Waals surface area contributed by atoms with E-state index < -0.39 is 11.8 Å². The van der Waals surface area contributed by atoms with Crippen molar-refractivity contribution in [1.29, 1.82) is 0 Å². The molecule has 124 valence electrons. The molecule has 6 heteroatoms. The Morgan fingerprint density at radius 2 is 1.40 bits per heavy atom. The van der Waals surface area contributed by atoms with Crippen LogP contribution in [0.4, 0.5) is 0 Å². The first-order valence-electron chi connectivity index (χ1n) is 7.40. The topological polar surface area (TPSA) is 113 Å². The van der Waals surface area contributed by atoms with Crippen LogP contribution in [-0.4, -0.2) is 27.7 Å². The van der Waals surface area contributed by atoms with Crippen LogP contribution in [0, 0.1) is 0 Å². The van der Waals surface area contributed by atoms with Crippen LogP contribution < -0.4 is 5.84 Å². The Bertz CT molecular complexity index is 1010. The van der Waals surface area contributed by atoms with Gasteiger partial charge in [-0.25, -0.2) is 4.79 Å². The number of hydrazone groups is 1. The molecule has 0 aromatic heterocycles. The van der Waals surface area contributed by atoms with E-state index >= 15 is 0 Å². The number of fused-ring (bicyclic) bond motifs is 1. The van der Waals surface area contributed by atoms with Crippen LogP contribution in [0.1, 0.15) is 26.3 Å². The van der Waals surface area contributed by atoms with Crippen molar-refractivity contribution in [3.05, 3.63) is 77.4 Å². The summed E-state index contributed by atoms with van der Waals surface area (Å²) in [6, 6.07) is 15.5. The van der Waals surface area contributed by atoms with Gasteiger partial charge in [-0.1, -0.05) is 30.3 Å². The molecule has 25 heavy (non-hydrogen) atoms. The van der Waals surface area contributed by atoms with Gasteiger partial charge in [0.1, 0.15) is 11.5 Å². The molecule has 0 aliphatic heterocycles. The van der Waals surface area contributed by atoms with Crippen molar-refractivity contribution < 1.29 is 19.8 Å². The summed E-state index contributed by atoms with van der Waals surface area (Å²) in [5, 5.41) is 23.4. The van der Waals surface area contributed by atoms with E-state index in [0.717, 1.165) is 0 Å². The zero-order valence-corrected chi connectivity index (χ0v) is 13.0. The maximum absolute atomic E-state index is 12.7. The number of benzene rings is 3. The lowest BCUT2D eigenvalue weighted by Gasteiger charge is -2.10. The monoisotopic (exact) mass is 334 g/mol. The number of carbonyl (C=O) groups is 2. The van der Waals surface area contributed by atoms with Gasteiger partial charge in [-0.15, -0.1) is 0 Å². The van der Waals surface area contributed by atoms with Crippen molar-refractivity contribution in [2.45, 2.75) is 0 Å². The van der Waals surface area contributed by atoms with E-state index in [0.29, 0.717) is 21.9 Å². The van der Waals surface area contributed by atoms with E-state index in [2.05, 4.69) is 5.10 Å². The van der Waals surface area contributed by atoms with E-state index in [1.165, 1.54) is 36.4 Å². The third kappa shape index (κ3) is 2.92. The maximum atomic E-state index is 12.7. The normalized spacial score (nSPS) is 11.4. The number of rotatable bonds is 4. The standard InChI is InChI=1S/C19H14N2O4/c20-21-17(18(23)11-5-7-12(22)8-6-11)15-9-10-16(19(24)25)14-4-2-1-3-13(14)15/h1-10,22H,20H2,(H,24,25). The van der Waals surface area contributed by atoms with Gasteiger partial charge in [0, 0.05) is 11.1 Å². The molecule has 0 aliphatic carbocycles. The fourth-order valence-corrected chi connectivity index (χ4v) is 2.69. The highest BCUT2D eigenvalue weighted by atomic mass is 16.4. The van der Waals surface area contributed by atoms with Gasteiger partial charge in [0.2, 0.25) is 5.78 Å². The molecule has 0 aliphatic rings. The number of aromatic hydroxyl groups is 1. The first kappa shape index (κ1) is 16.2. The molecule has 0 heterocycles. The second-order valence-corrected chi connectivity index (χ2v) is 5.37. The number of aromatic carboxylic acids is 1. The number of nitrogens with two attached hydrogens (primary N) is 1. The van der Waals surface area contributed by atoms with Crippen molar-refractivity contribution in [2.24, 2.45) is 10.9 Å². The molecule has 0 saturated heterocycles. The smallest absolute Gasteiger partial charge is 0.336 e. The lowest BCUT2D eigenvalue weighted by molar-refractivity contribution is 0.0699. The number of carboxylic acids is 1. The third-order valence-electron chi connectivity index (χ3n) is 3.88. The fourth-order valence-electron chi connectivity index (χ4n) is 2.69. The quantitative estimate of drug-likeness (QED) is 0.294. The van der Waals surface area contributed by atoms with Gasteiger partial charge in [-0.3, -0.25) is 4.79 Å². The van der Waals surface area contributed by atoms with Gasteiger partial charge in [-0.2, -0.15) is 5.10 Å². The third-order valence-corrected chi connectivity index (χ3v) is 3.88. The van der Waals surface area contributed by atoms with Gasteiger partial charge >= 0.3 is 5.97 Å². The minimum atomic E-state index is -1.06. The summed E-state index contributed by atoms with van der Waals surface area (Å²) in [7, 11) is 0. The summed E-state index contributed by atoms with van der Waals surface area (Å²) in [4.78, 5) is 24.1. The van der Waals surface area contributed by atoms with E-state index in [-0.39, 0.29) is 17.0 Å². The molecule has 3 aromatic carbocycles.